The van der Waals surface area contributed by atoms with Crippen molar-refractivity contribution < 1.29 is 9.90 Å². The van der Waals surface area contributed by atoms with Gasteiger partial charge in [0.2, 0.25) is 5.91 Å². The van der Waals surface area contributed by atoms with Crippen LogP contribution in [0.5, 0.6) is 0 Å². The molecule has 0 saturated heterocycles. The zero-order chi connectivity index (χ0) is 12.9. The Morgan fingerprint density at radius 2 is 1.88 bits per heavy atom. The normalized spacial score (nSPS) is 17.3. The molecule has 0 bridgehead atoms. The van der Waals surface area contributed by atoms with Gasteiger partial charge in [0.25, 0.3) is 0 Å². The maximum Gasteiger partial charge on any atom is 0.237 e. The molecule has 0 aliphatic heterocycles. The van der Waals surface area contributed by atoms with Crippen LogP contribution in [-0.4, -0.2) is 29.2 Å². The summed E-state index contributed by atoms with van der Waals surface area (Å²) < 4.78 is 0. The minimum Gasteiger partial charge on any atom is -0.388 e. The fourth-order valence-corrected chi connectivity index (χ4v) is 1.65. The highest BCUT2D eigenvalue weighted by atomic mass is 16.3. The van der Waals surface area contributed by atoms with Crippen molar-refractivity contribution in [1.82, 2.24) is 5.32 Å². The topological polar surface area (TPSA) is 75.3 Å². The van der Waals surface area contributed by atoms with Gasteiger partial charge in [0.15, 0.2) is 0 Å². The number of hydrogen-bond donors (Lipinski definition) is 3. The van der Waals surface area contributed by atoms with Gasteiger partial charge in [0.05, 0.1) is 11.6 Å². The summed E-state index contributed by atoms with van der Waals surface area (Å²) in [5, 5.41) is 12.7. The van der Waals surface area contributed by atoms with Crippen molar-refractivity contribution in [3.8, 4) is 0 Å². The Kier molecular flexibility index (Phi) is 5.97. The van der Waals surface area contributed by atoms with Crippen LogP contribution < -0.4 is 11.1 Å². The second-order valence-electron chi connectivity index (χ2n) is 5.58. The molecule has 96 valence electrons. The van der Waals surface area contributed by atoms with E-state index >= 15 is 0 Å². The molecule has 0 aromatic rings. The minimum atomic E-state index is -0.861. The van der Waals surface area contributed by atoms with Crippen molar-refractivity contribution in [2.24, 2.45) is 17.6 Å². The molecule has 4 nitrogen and oxygen atoms in total. The number of hydrogen-bond acceptors (Lipinski definition) is 3. The average Bonchev–Trinajstić information content (AvgIpc) is 2.10. The Labute approximate surface area is 98.6 Å². The fourth-order valence-electron chi connectivity index (χ4n) is 1.65. The maximum absolute atomic E-state index is 11.6. The first-order valence-corrected chi connectivity index (χ1v) is 5.91. The van der Waals surface area contributed by atoms with Crippen LogP contribution in [0.3, 0.4) is 0 Å². The molecule has 0 aromatic carbocycles. The number of nitrogens with two attached hydrogens (primary N) is 1. The maximum atomic E-state index is 11.6. The van der Waals surface area contributed by atoms with E-state index in [1.54, 1.807) is 6.92 Å². The van der Waals surface area contributed by atoms with E-state index in [1.807, 2.05) is 27.7 Å². The summed E-state index contributed by atoms with van der Waals surface area (Å²) in [6.45, 7) is 9.86. The molecule has 0 spiro atoms. The van der Waals surface area contributed by atoms with Gasteiger partial charge >= 0.3 is 0 Å². The summed E-state index contributed by atoms with van der Waals surface area (Å²) in [5.41, 5.74) is 4.84. The van der Waals surface area contributed by atoms with Crippen LogP contribution in [0.15, 0.2) is 0 Å². The molecule has 4 heteroatoms. The van der Waals surface area contributed by atoms with Crippen LogP contribution >= 0.6 is 0 Å². The third-order valence-corrected chi connectivity index (χ3v) is 2.51. The lowest BCUT2D eigenvalue weighted by Crippen LogP contribution is -2.49. The van der Waals surface area contributed by atoms with E-state index in [0.29, 0.717) is 12.3 Å². The number of carbonyl (C=O) groups excluding carboxylic acids is 1. The van der Waals surface area contributed by atoms with E-state index < -0.39 is 11.6 Å². The molecule has 0 radical (unpaired) electrons. The summed E-state index contributed by atoms with van der Waals surface area (Å²) in [5.74, 6) is 0.305. The highest BCUT2D eigenvalue weighted by Crippen LogP contribution is 2.15. The van der Waals surface area contributed by atoms with Gasteiger partial charge in [-0.3, -0.25) is 4.79 Å². The van der Waals surface area contributed by atoms with E-state index in [0.717, 1.165) is 0 Å². The molecule has 0 aliphatic rings. The third-order valence-electron chi connectivity index (χ3n) is 2.51. The van der Waals surface area contributed by atoms with E-state index in [-0.39, 0.29) is 18.4 Å². The summed E-state index contributed by atoms with van der Waals surface area (Å²) in [6.07, 6.45) is 0.657. The lowest BCUT2D eigenvalue weighted by Gasteiger charge is -2.26. The van der Waals surface area contributed by atoms with Crippen molar-refractivity contribution in [3.63, 3.8) is 0 Å². The first-order chi connectivity index (χ1) is 7.15. The number of nitrogens with one attached hydrogen (secondary N) is 1. The van der Waals surface area contributed by atoms with E-state index in [2.05, 4.69) is 5.32 Å². The van der Waals surface area contributed by atoms with Crippen LogP contribution in [0.25, 0.3) is 0 Å². The second kappa shape index (κ2) is 6.21. The summed E-state index contributed by atoms with van der Waals surface area (Å²) in [4.78, 5) is 11.6. The van der Waals surface area contributed by atoms with Gasteiger partial charge in [0, 0.05) is 6.54 Å². The first-order valence-electron chi connectivity index (χ1n) is 5.91. The molecule has 2 unspecified atom stereocenters. The molecule has 0 aromatic heterocycles. The second-order valence-corrected chi connectivity index (χ2v) is 5.58. The van der Waals surface area contributed by atoms with E-state index in [1.165, 1.54) is 0 Å². The Balaban J connectivity index is 4.09. The van der Waals surface area contributed by atoms with Crippen LogP contribution in [0.4, 0.5) is 0 Å². The standard InChI is InChI=1S/C12H26N2O2/c1-8(2)6-12(5,16)7-14-11(15)10(13)9(3)4/h8-10,16H,6-7,13H2,1-5H3,(H,14,15). The lowest BCUT2D eigenvalue weighted by atomic mass is 9.94. The SMILES string of the molecule is CC(C)CC(C)(O)CNC(=O)C(N)C(C)C. The van der Waals surface area contributed by atoms with Crippen molar-refractivity contribution >= 4 is 5.91 Å². The highest BCUT2D eigenvalue weighted by Gasteiger charge is 2.24. The van der Waals surface area contributed by atoms with Crippen LogP contribution in [0, 0.1) is 11.8 Å². The smallest absolute Gasteiger partial charge is 0.237 e. The number of rotatable bonds is 6. The lowest BCUT2D eigenvalue weighted by molar-refractivity contribution is -0.124. The highest BCUT2D eigenvalue weighted by molar-refractivity contribution is 5.81. The first kappa shape index (κ1) is 15.4. The van der Waals surface area contributed by atoms with Gasteiger partial charge in [-0.25, -0.2) is 0 Å². The third kappa shape index (κ3) is 6.08. The van der Waals surface area contributed by atoms with Gasteiger partial charge in [-0.2, -0.15) is 0 Å². The Hall–Kier alpha value is -0.610. The molecule has 0 aliphatic carbocycles. The van der Waals surface area contributed by atoms with Gasteiger partial charge < -0.3 is 16.2 Å². The number of carbonyl (C=O) groups is 1. The average molecular weight is 230 g/mol. The molecule has 0 saturated carbocycles. The van der Waals surface area contributed by atoms with Crippen molar-refractivity contribution in [3.05, 3.63) is 0 Å². The molecule has 1 amide bonds. The Morgan fingerprint density at radius 1 is 1.38 bits per heavy atom. The molecule has 0 fully saturated rings. The zero-order valence-corrected chi connectivity index (χ0v) is 11.1. The summed E-state index contributed by atoms with van der Waals surface area (Å²) in [7, 11) is 0. The molecule has 16 heavy (non-hydrogen) atoms. The van der Waals surface area contributed by atoms with Crippen molar-refractivity contribution in [2.45, 2.75) is 52.7 Å². The molecule has 0 rings (SSSR count). The van der Waals surface area contributed by atoms with E-state index in [9.17, 15) is 9.90 Å². The summed E-state index contributed by atoms with van der Waals surface area (Å²) in [6, 6.07) is -0.505. The predicted molar refractivity (Wildman–Crippen MR) is 65.9 cm³/mol. The monoisotopic (exact) mass is 230 g/mol. The van der Waals surface area contributed by atoms with Gasteiger partial charge in [-0.05, 0) is 25.2 Å². The van der Waals surface area contributed by atoms with Crippen molar-refractivity contribution in [1.29, 1.82) is 0 Å². The largest absolute Gasteiger partial charge is 0.388 e. The van der Waals surface area contributed by atoms with Crippen LogP contribution in [-0.2, 0) is 4.79 Å². The molecular formula is C12H26N2O2. The fraction of sp³-hybridized carbons (Fsp3) is 0.917. The Bertz CT molecular complexity index is 225. The van der Waals surface area contributed by atoms with E-state index in [4.69, 9.17) is 5.73 Å². The quantitative estimate of drug-likeness (QED) is 0.634. The zero-order valence-electron chi connectivity index (χ0n) is 11.1. The molecule has 4 N–H and O–H groups in total. The molecule has 0 heterocycles. The summed E-state index contributed by atoms with van der Waals surface area (Å²) >= 11 is 0. The van der Waals surface area contributed by atoms with Gasteiger partial charge in [-0.15, -0.1) is 0 Å². The number of amides is 1. The van der Waals surface area contributed by atoms with Crippen LogP contribution in [0.2, 0.25) is 0 Å². The van der Waals surface area contributed by atoms with Gasteiger partial charge in [0.1, 0.15) is 0 Å². The predicted octanol–water partition coefficient (Wildman–Crippen LogP) is 0.883. The minimum absolute atomic E-state index is 0.107. The van der Waals surface area contributed by atoms with Gasteiger partial charge in [-0.1, -0.05) is 27.7 Å². The Morgan fingerprint density at radius 3 is 2.25 bits per heavy atom. The van der Waals surface area contributed by atoms with Crippen molar-refractivity contribution in [2.75, 3.05) is 6.54 Å². The molecule has 2 atom stereocenters. The number of aliphatic hydroxyl groups is 1. The van der Waals surface area contributed by atoms with Crippen LogP contribution in [0.1, 0.15) is 41.0 Å². The molecular weight excluding hydrogens is 204 g/mol.